The second kappa shape index (κ2) is 12.3. The lowest BCUT2D eigenvalue weighted by Gasteiger charge is -2.20. The highest BCUT2D eigenvalue weighted by molar-refractivity contribution is 5.70. The smallest absolute Gasteiger partial charge is 0.0887 e. The predicted molar refractivity (Wildman–Crippen MR) is 149 cm³/mol. The van der Waals surface area contributed by atoms with Gasteiger partial charge in [-0.2, -0.15) is 20.5 Å². The van der Waals surface area contributed by atoms with Crippen molar-refractivity contribution >= 4 is 40.6 Å². The van der Waals surface area contributed by atoms with Gasteiger partial charge in [0.2, 0.25) is 0 Å². The van der Waals surface area contributed by atoms with Gasteiger partial charge in [0.25, 0.3) is 0 Å². The molecular weight excluding hydrogens is 444 g/mol. The second-order valence-corrected chi connectivity index (χ2v) is 8.26. The summed E-state index contributed by atoms with van der Waals surface area (Å²) in [5.41, 5.74) is 7.60. The molecule has 0 unspecified atom stereocenters. The van der Waals surface area contributed by atoms with Gasteiger partial charge in [-0.05, 0) is 104 Å². The molecule has 0 aliphatic heterocycles. The molecule has 0 fully saturated rings. The minimum atomic E-state index is 0.782. The maximum absolute atomic E-state index is 4.42. The fourth-order valence-electron chi connectivity index (χ4n) is 3.68. The molecule has 0 radical (unpaired) electrons. The summed E-state index contributed by atoms with van der Waals surface area (Å²) in [5, 5.41) is 17.6. The van der Waals surface area contributed by atoms with Crippen LogP contribution in [-0.2, 0) is 0 Å². The van der Waals surface area contributed by atoms with E-state index in [0.29, 0.717) is 0 Å². The third-order valence-electron chi connectivity index (χ3n) is 5.78. The standard InChI is InChI=1S/C30H30N6/c1-4-36(5-2)29-15-12-27(13-16-29)32-34-28-14-17-30(23(3)22-28)35-33-26-10-8-24(9-11-26)6-7-25-18-20-31-21-19-25/h6-22H,4-5H2,1-3H3. The van der Waals surface area contributed by atoms with Gasteiger partial charge in [0.15, 0.2) is 0 Å². The van der Waals surface area contributed by atoms with Crippen LogP contribution in [0.5, 0.6) is 0 Å². The Hall–Kier alpha value is -4.45. The SMILES string of the molecule is CCN(CC)c1ccc(N=Nc2ccc(N=Nc3ccc(C=Cc4ccncc4)cc3)c(C)c2)cc1. The minimum absolute atomic E-state index is 0.782. The van der Waals surface area contributed by atoms with E-state index in [9.17, 15) is 0 Å². The fraction of sp³-hybridized carbons (Fsp3) is 0.167. The van der Waals surface area contributed by atoms with Crippen LogP contribution < -0.4 is 4.90 Å². The summed E-state index contributed by atoms with van der Waals surface area (Å²) >= 11 is 0. The molecule has 0 aliphatic rings. The molecule has 0 bridgehead atoms. The average molecular weight is 475 g/mol. The Kier molecular flexibility index (Phi) is 8.44. The number of azo groups is 2. The van der Waals surface area contributed by atoms with E-state index < -0.39 is 0 Å². The van der Waals surface area contributed by atoms with Crippen LogP contribution in [0.15, 0.2) is 112 Å². The highest BCUT2D eigenvalue weighted by atomic mass is 15.1. The first-order valence-corrected chi connectivity index (χ1v) is 12.1. The molecule has 0 atom stereocenters. The van der Waals surface area contributed by atoms with Crippen molar-refractivity contribution in [3.8, 4) is 0 Å². The van der Waals surface area contributed by atoms with Gasteiger partial charge in [0.05, 0.1) is 22.7 Å². The summed E-state index contributed by atoms with van der Waals surface area (Å²) in [5.74, 6) is 0. The number of aromatic nitrogens is 1. The summed E-state index contributed by atoms with van der Waals surface area (Å²) < 4.78 is 0. The van der Waals surface area contributed by atoms with Crippen molar-refractivity contribution in [1.82, 2.24) is 4.98 Å². The van der Waals surface area contributed by atoms with Crippen molar-refractivity contribution in [1.29, 1.82) is 0 Å². The Morgan fingerprint density at radius 1 is 0.639 bits per heavy atom. The molecule has 6 nitrogen and oxygen atoms in total. The zero-order valence-corrected chi connectivity index (χ0v) is 20.9. The first kappa shape index (κ1) is 24.7. The predicted octanol–water partition coefficient (Wildman–Crippen LogP) is 9.24. The highest BCUT2D eigenvalue weighted by Crippen LogP contribution is 2.28. The van der Waals surface area contributed by atoms with Crippen molar-refractivity contribution in [2.24, 2.45) is 20.5 Å². The number of hydrogen-bond acceptors (Lipinski definition) is 6. The van der Waals surface area contributed by atoms with Crippen molar-refractivity contribution < 1.29 is 0 Å². The van der Waals surface area contributed by atoms with Crippen LogP contribution in [0.25, 0.3) is 12.2 Å². The summed E-state index contributed by atoms with van der Waals surface area (Å²) in [4.78, 5) is 6.33. The number of nitrogens with zero attached hydrogens (tertiary/aromatic N) is 6. The molecule has 6 heteroatoms. The summed E-state index contributed by atoms with van der Waals surface area (Å²) in [7, 11) is 0. The second-order valence-electron chi connectivity index (χ2n) is 8.26. The van der Waals surface area contributed by atoms with Crippen molar-refractivity contribution in [2.45, 2.75) is 20.8 Å². The van der Waals surface area contributed by atoms with Crippen molar-refractivity contribution in [3.63, 3.8) is 0 Å². The Labute approximate surface area is 212 Å². The molecule has 3 aromatic carbocycles. The van der Waals surface area contributed by atoms with Gasteiger partial charge in [0.1, 0.15) is 0 Å². The number of benzene rings is 3. The average Bonchev–Trinajstić information content (AvgIpc) is 2.93. The van der Waals surface area contributed by atoms with Crippen LogP contribution >= 0.6 is 0 Å². The number of pyridine rings is 1. The third-order valence-corrected chi connectivity index (χ3v) is 5.78. The number of rotatable bonds is 9. The van der Waals surface area contributed by atoms with Crippen LogP contribution in [0.4, 0.5) is 28.4 Å². The molecule has 0 saturated heterocycles. The Balaban J connectivity index is 1.37. The van der Waals surface area contributed by atoms with Gasteiger partial charge in [-0.25, -0.2) is 0 Å². The van der Waals surface area contributed by atoms with E-state index in [1.54, 1.807) is 12.4 Å². The Morgan fingerprint density at radius 2 is 1.17 bits per heavy atom. The van der Waals surface area contributed by atoms with Crippen LogP contribution in [0.2, 0.25) is 0 Å². The molecule has 0 aliphatic carbocycles. The van der Waals surface area contributed by atoms with Gasteiger partial charge in [-0.15, -0.1) is 0 Å². The van der Waals surface area contributed by atoms with E-state index in [1.807, 2.05) is 73.7 Å². The van der Waals surface area contributed by atoms with E-state index >= 15 is 0 Å². The highest BCUT2D eigenvalue weighted by Gasteiger charge is 2.02. The summed E-state index contributed by atoms with van der Waals surface area (Å²) in [6.07, 6.45) is 7.69. The monoisotopic (exact) mass is 474 g/mol. The maximum Gasteiger partial charge on any atom is 0.0887 e. The van der Waals surface area contributed by atoms with E-state index in [2.05, 4.69) is 68.5 Å². The summed E-state index contributed by atoms with van der Waals surface area (Å²) in [6, 6.07) is 25.8. The molecule has 180 valence electrons. The lowest BCUT2D eigenvalue weighted by atomic mass is 10.1. The van der Waals surface area contributed by atoms with E-state index in [0.717, 1.165) is 52.5 Å². The zero-order chi connectivity index (χ0) is 25.2. The largest absolute Gasteiger partial charge is 0.372 e. The van der Waals surface area contributed by atoms with Crippen LogP contribution in [0.3, 0.4) is 0 Å². The van der Waals surface area contributed by atoms with Gasteiger partial charge in [0, 0.05) is 31.2 Å². The normalized spacial score (nSPS) is 11.6. The molecule has 36 heavy (non-hydrogen) atoms. The first-order valence-electron chi connectivity index (χ1n) is 12.1. The first-order chi connectivity index (χ1) is 17.6. The van der Waals surface area contributed by atoms with Crippen molar-refractivity contribution in [3.05, 3.63) is 108 Å². The lowest BCUT2D eigenvalue weighted by molar-refractivity contribution is 0.866. The van der Waals surface area contributed by atoms with E-state index in [-0.39, 0.29) is 0 Å². The minimum Gasteiger partial charge on any atom is -0.372 e. The molecule has 4 aromatic rings. The maximum atomic E-state index is 4.42. The molecule has 0 saturated carbocycles. The van der Waals surface area contributed by atoms with Gasteiger partial charge >= 0.3 is 0 Å². The molecule has 0 N–H and O–H groups in total. The van der Waals surface area contributed by atoms with Gasteiger partial charge < -0.3 is 4.90 Å². The number of anilines is 1. The zero-order valence-electron chi connectivity index (χ0n) is 20.9. The topological polar surface area (TPSA) is 65.6 Å². The Morgan fingerprint density at radius 3 is 1.78 bits per heavy atom. The van der Waals surface area contributed by atoms with Crippen LogP contribution in [0, 0.1) is 6.92 Å². The Bertz CT molecular complexity index is 1340. The fourth-order valence-corrected chi connectivity index (χ4v) is 3.68. The van der Waals surface area contributed by atoms with Crippen LogP contribution in [-0.4, -0.2) is 18.1 Å². The molecule has 0 amide bonds. The lowest BCUT2D eigenvalue weighted by Crippen LogP contribution is -2.21. The molecular formula is C30H30N6. The van der Waals surface area contributed by atoms with Gasteiger partial charge in [-0.3, -0.25) is 4.98 Å². The van der Waals surface area contributed by atoms with E-state index in [4.69, 9.17) is 0 Å². The quantitative estimate of drug-likeness (QED) is 0.227. The summed E-state index contributed by atoms with van der Waals surface area (Å²) in [6.45, 7) is 8.27. The molecule has 0 spiro atoms. The van der Waals surface area contributed by atoms with Gasteiger partial charge in [-0.1, -0.05) is 24.3 Å². The number of hydrogen-bond donors (Lipinski definition) is 0. The molecule has 4 rings (SSSR count). The third kappa shape index (κ3) is 6.79. The molecule has 1 heterocycles. The number of aryl methyl sites for hydroxylation is 1. The van der Waals surface area contributed by atoms with Crippen LogP contribution in [0.1, 0.15) is 30.5 Å². The molecule has 1 aromatic heterocycles. The van der Waals surface area contributed by atoms with Crippen molar-refractivity contribution in [2.75, 3.05) is 18.0 Å². The van der Waals surface area contributed by atoms with E-state index in [1.165, 1.54) is 5.69 Å².